The van der Waals surface area contributed by atoms with Crippen LogP contribution in [0.1, 0.15) is 25.7 Å². The third kappa shape index (κ3) is 2.78. The number of carbonyl (C=O) groups is 1. The number of carbonyl (C=O) groups excluding carboxylic acids is 1. The van der Waals surface area contributed by atoms with Crippen molar-refractivity contribution < 1.29 is 14.6 Å². The molecule has 2 fully saturated rings. The fraction of sp³-hybridized carbons (Fsp3) is 0.917. The maximum absolute atomic E-state index is 12.4. The van der Waals surface area contributed by atoms with Gasteiger partial charge in [0.05, 0.1) is 19.1 Å². The molecule has 3 unspecified atom stereocenters. The number of amides is 1. The summed E-state index contributed by atoms with van der Waals surface area (Å²) < 4.78 is 5.25. The predicted octanol–water partition coefficient (Wildman–Crippen LogP) is -0.276. The molecule has 2 aliphatic heterocycles. The first-order chi connectivity index (χ1) is 8.24. The second-order valence-electron chi connectivity index (χ2n) is 5.00. The number of nitrogens with two attached hydrogens (primary N) is 1. The smallest absolute Gasteiger partial charge is 0.229 e. The zero-order valence-electron chi connectivity index (χ0n) is 10.2. The number of likely N-dealkylation sites (tertiary alicyclic amines) is 1. The van der Waals surface area contributed by atoms with E-state index in [1.54, 1.807) is 0 Å². The topological polar surface area (TPSA) is 75.8 Å². The quantitative estimate of drug-likeness (QED) is 0.714. The number of nitrogens with zero attached hydrogens (tertiary/aromatic N) is 1. The number of hydrogen-bond donors (Lipinski definition) is 2. The minimum atomic E-state index is -0.186. The Bertz CT molecular complexity index is 270. The third-order valence-electron chi connectivity index (χ3n) is 3.81. The van der Waals surface area contributed by atoms with Gasteiger partial charge in [-0.3, -0.25) is 4.79 Å². The Hall–Kier alpha value is -0.650. The summed E-state index contributed by atoms with van der Waals surface area (Å²) in [4.78, 5) is 14.3. The van der Waals surface area contributed by atoms with Crippen LogP contribution in [0.25, 0.3) is 0 Å². The van der Waals surface area contributed by atoms with Crippen LogP contribution in [0.4, 0.5) is 0 Å². The van der Waals surface area contributed by atoms with Gasteiger partial charge in [0.2, 0.25) is 5.91 Å². The standard InChI is InChI=1S/C12H22N2O3/c13-11-8-17-7-10(11)12(16)14-5-2-1-3-9(14)4-6-15/h9-11,15H,1-8,13H2. The zero-order valence-corrected chi connectivity index (χ0v) is 10.2. The summed E-state index contributed by atoms with van der Waals surface area (Å²) >= 11 is 0. The molecule has 0 aromatic carbocycles. The molecular formula is C12H22N2O3. The highest BCUT2D eigenvalue weighted by molar-refractivity contribution is 5.80. The fourth-order valence-electron chi connectivity index (χ4n) is 2.78. The Morgan fingerprint density at radius 1 is 1.41 bits per heavy atom. The maximum Gasteiger partial charge on any atom is 0.229 e. The molecule has 2 aliphatic rings. The van der Waals surface area contributed by atoms with Gasteiger partial charge < -0.3 is 20.5 Å². The average molecular weight is 242 g/mol. The Morgan fingerprint density at radius 2 is 2.24 bits per heavy atom. The molecule has 3 atom stereocenters. The van der Waals surface area contributed by atoms with Crippen molar-refractivity contribution in [1.29, 1.82) is 0 Å². The van der Waals surface area contributed by atoms with E-state index in [-0.39, 0.29) is 30.5 Å². The molecule has 5 nitrogen and oxygen atoms in total. The fourth-order valence-corrected chi connectivity index (χ4v) is 2.78. The molecule has 5 heteroatoms. The third-order valence-corrected chi connectivity index (χ3v) is 3.81. The molecule has 2 heterocycles. The minimum Gasteiger partial charge on any atom is -0.396 e. The Kier molecular flexibility index (Phi) is 4.36. The molecular weight excluding hydrogens is 220 g/mol. The maximum atomic E-state index is 12.4. The Balaban J connectivity index is 2.00. The van der Waals surface area contributed by atoms with Gasteiger partial charge in [0, 0.05) is 25.2 Å². The highest BCUT2D eigenvalue weighted by atomic mass is 16.5. The van der Waals surface area contributed by atoms with E-state index in [2.05, 4.69) is 0 Å². The molecule has 2 rings (SSSR count). The predicted molar refractivity (Wildman–Crippen MR) is 63.3 cm³/mol. The van der Waals surface area contributed by atoms with Crippen LogP contribution in [-0.4, -0.2) is 54.4 Å². The molecule has 0 spiro atoms. The van der Waals surface area contributed by atoms with Crippen molar-refractivity contribution in [1.82, 2.24) is 4.90 Å². The summed E-state index contributed by atoms with van der Waals surface area (Å²) in [6.07, 6.45) is 3.86. The molecule has 98 valence electrons. The van der Waals surface area contributed by atoms with Crippen LogP contribution >= 0.6 is 0 Å². The van der Waals surface area contributed by atoms with E-state index in [9.17, 15) is 4.79 Å². The molecule has 2 saturated heterocycles. The first kappa shape index (κ1) is 12.8. The second-order valence-corrected chi connectivity index (χ2v) is 5.00. The second kappa shape index (κ2) is 5.80. The SMILES string of the molecule is NC1COCC1C(=O)N1CCCCC1CCO. The van der Waals surface area contributed by atoms with Crippen LogP contribution in [0, 0.1) is 5.92 Å². The van der Waals surface area contributed by atoms with E-state index < -0.39 is 0 Å². The number of hydrogen-bond acceptors (Lipinski definition) is 4. The first-order valence-corrected chi connectivity index (χ1v) is 6.48. The van der Waals surface area contributed by atoms with Gasteiger partial charge in [-0.15, -0.1) is 0 Å². The van der Waals surface area contributed by atoms with E-state index in [0.717, 1.165) is 25.8 Å². The van der Waals surface area contributed by atoms with Gasteiger partial charge in [-0.2, -0.15) is 0 Å². The minimum absolute atomic E-state index is 0.119. The van der Waals surface area contributed by atoms with Crippen molar-refractivity contribution in [2.24, 2.45) is 11.7 Å². The molecule has 0 saturated carbocycles. The van der Waals surface area contributed by atoms with Crippen LogP contribution in [0.3, 0.4) is 0 Å². The summed E-state index contributed by atoms with van der Waals surface area (Å²) in [6, 6.07) is 0.0215. The van der Waals surface area contributed by atoms with Crippen molar-refractivity contribution in [3.63, 3.8) is 0 Å². The molecule has 0 radical (unpaired) electrons. The summed E-state index contributed by atoms with van der Waals surface area (Å²) in [5, 5.41) is 9.05. The lowest BCUT2D eigenvalue weighted by Crippen LogP contribution is -2.50. The highest BCUT2D eigenvalue weighted by Gasteiger charge is 2.37. The zero-order chi connectivity index (χ0) is 12.3. The van der Waals surface area contributed by atoms with Crippen molar-refractivity contribution in [2.45, 2.75) is 37.8 Å². The largest absolute Gasteiger partial charge is 0.396 e. The van der Waals surface area contributed by atoms with Crippen LogP contribution in [0.5, 0.6) is 0 Å². The van der Waals surface area contributed by atoms with E-state index in [4.69, 9.17) is 15.6 Å². The molecule has 0 aliphatic carbocycles. The average Bonchev–Trinajstić information content (AvgIpc) is 2.76. The van der Waals surface area contributed by atoms with Crippen molar-refractivity contribution in [2.75, 3.05) is 26.4 Å². The van der Waals surface area contributed by atoms with Gasteiger partial charge in [-0.1, -0.05) is 0 Å². The molecule has 17 heavy (non-hydrogen) atoms. The molecule has 3 N–H and O–H groups in total. The normalized spacial score (nSPS) is 34.0. The highest BCUT2D eigenvalue weighted by Crippen LogP contribution is 2.24. The lowest BCUT2D eigenvalue weighted by molar-refractivity contribution is -0.139. The van der Waals surface area contributed by atoms with Crippen LogP contribution in [-0.2, 0) is 9.53 Å². The molecule has 1 amide bonds. The van der Waals surface area contributed by atoms with Gasteiger partial charge in [0.25, 0.3) is 0 Å². The van der Waals surface area contributed by atoms with Crippen molar-refractivity contribution >= 4 is 5.91 Å². The number of rotatable bonds is 3. The van der Waals surface area contributed by atoms with Crippen molar-refractivity contribution in [3.05, 3.63) is 0 Å². The monoisotopic (exact) mass is 242 g/mol. The Morgan fingerprint density at radius 3 is 2.88 bits per heavy atom. The number of aliphatic hydroxyl groups is 1. The number of piperidine rings is 1. The summed E-state index contributed by atoms with van der Waals surface area (Å²) in [5.41, 5.74) is 5.88. The van der Waals surface area contributed by atoms with Crippen LogP contribution in [0.15, 0.2) is 0 Å². The lowest BCUT2D eigenvalue weighted by Gasteiger charge is -2.37. The summed E-state index contributed by atoms with van der Waals surface area (Å²) in [5.74, 6) is -0.0672. The molecule has 0 aromatic rings. The van der Waals surface area contributed by atoms with Gasteiger partial charge >= 0.3 is 0 Å². The Labute approximate surface area is 102 Å². The summed E-state index contributed by atoms with van der Waals surface area (Å²) in [7, 11) is 0. The van der Waals surface area contributed by atoms with E-state index >= 15 is 0 Å². The van der Waals surface area contributed by atoms with Gasteiger partial charge in [-0.25, -0.2) is 0 Å². The molecule has 0 aromatic heterocycles. The van der Waals surface area contributed by atoms with Crippen LogP contribution < -0.4 is 5.73 Å². The van der Waals surface area contributed by atoms with Gasteiger partial charge in [0.15, 0.2) is 0 Å². The number of aliphatic hydroxyl groups excluding tert-OH is 1. The van der Waals surface area contributed by atoms with E-state index in [1.165, 1.54) is 0 Å². The first-order valence-electron chi connectivity index (χ1n) is 6.48. The van der Waals surface area contributed by atoms with Crippen LogP contribution in [0.2, 0.25) is 0 Å². The lowest BCUT2D eigenvalue weighted by atomic mass is 9.95. The van der Waals surface area contributed by atoms with Gasteiger partial charge in [-0.05, 0) is 25.7 Å². The van der Waals surface area contributed by atoms with Gasteiger partial charge in [0.1, 0.15) is 0 Å². The van der Waals surface area contributed by atoms with Crippen molar-refractivity contribution in [3.8, 4) is 0 Å². The number of ether oxygens (including phenoxy) is 1. The molecule has 0 bridgehead atoms. The van der Waals surface area contributed by atoms with E-state index in [1.807, 2.05) is 4.90 Å². The summed E-state index contributed by atoms with van der Waals surface area (Å²) in [6.45, 7) is 1.87. The van der Waals surface area contributed by atoms with E-state index in [0.29, 0.717) is 19.6 Å².